The molecule has 2 aliphatic heterocycles. The Bertz CT molecular complexity index is 628. The summed E-state index contributed by atoms with van der Waals surface area (Å²) in [7, 11) is 1.32. The second-order valence-electron chi connectivity index (χ2n) is 5.59. The first-order valence-corrected chi connectivity index (χ1v) is 7.36. The third-order valence-electron chi connectivity index (χ3n) is 4.27. The molecule has 1 aromatic carbocycles. The van der Waals surface area contributed by atoms with E-state index >= 15 is 0 Å². The minimum Gasteiger partial charge on any atom is -0.467 e. The van der Waals surface area contributed by atoms with Gasteiger partial charge in [-0.3, -0.25) is 9.59 Å². The number of hydrogen-bond donors (Lipinski definition) is 0. The van der Waals surface area contributed by atoms with E-state index in [9.17, 15) is 14.4 Å². The summed E-state index contributed by atoms with van der Waals surface area (Å²) in [6.07, 6.45) is 1.40. The number of methoxy groups -OCH3 is 1. The van der Waals surface area contributed by atoms with Crippen LogP contribution < -0.4 is 0 Å². The maximum Gasteiger partial charge on any atom is 0.328 e. The number of fused-ring (bicyclic) bond motifs is 1. The normalized spacial score (nSPS) is 20.2. The highest BCUT2D eigenvalue weighted by molar-refractivity contribution is 6.00. The lowest BCUT2D eigenvalue weighted by Gasteiger charge is -2.25. The highest BCUT2D eigenvalue weighted by atomic mass is 16.5. The number of likely N-dealkylation sites (tertiary alicyclic amines) is 1. The van der Waals surface area contributed by atoms with Crippen molar-refractivity contribution in [3.05, 3.63) is 35.4 Å². The number of carbonyl (C=O) groups is 3. The summed E-state index contributed by atoms with van der Waals surface area (Å²) in [5.41, 5.74) is 1.59. The molecule has 0 aromatic heterocycles. The number of esters is 1. The zero-order valence-corrected chi connectivity index (χ0v) is 12.4. The summed E-state index contributed by atoms with van der Waals surface area (Å²) < 4.78 is 4.74. The Hall–Kier alpha value is -2.37. The van der Waals surface area contributed by atoms with E-state index in [1.165, 1.54) is 16.9 Å². The van der Waals surface area contributed by atoms with Crippen LogP contribution in [0.2, 0.25) is 0 Å². The van der Waals surface area contributed by atoms with Gasteiger partial charge in [-0.2, -0.15) is 0 Å². The lowest BCUT2D eigenvalue weighted by Crippen LogP contribution is -2.46. The third-order valence-corrected chi connectivity index (χ3v) is 4.27. The van der Waals surface area contributed by atoms with Crippen molar-refractivity contribution < 1.29 is 19.1 Å². The largest absolute Gasteiger partial charge is 0.467 e. The van der Waals surface area contributed by atoms with Gasteiger partial charge in [0.25, 0.3) is 5.91 Å². The molecule has 6 nitrogen and oxygen atoms in total. The molecule has 0 spiro atoms. The van der Waals surface area contributed by atoms with Crippen molar-refractivity contribution in [3.63, 3.8) is 0 Å². The molecule has 2 amide bonds. The van der Waals surface area contributed by atoms with Gasteiger partial charge in [0.1, 0.15) is 12.6 Å². The molecule has 1 aromatic rings. The van der Waals surface area contributed by atoms with E-state index in [4.69, 9.17) is 4.74 Å². The van der Waals surface area contributed by atoms with Crippen molar-refractivity contribution in [2.75, 3.05) is 20.2 Å². The fourth-order valence-electron chi connectivity index (χ4n) is 3.14. The molecule has 0 radical (unpaired) electrons. The van der Waals surface area contributed by atoms with Gasteiger partial charge in [-0.1, -0.05) is 18.2 Å². The van der Waals surface area contributed by atoms with E-state index in [1.54, 1.807) is 6.07 Å². The molecular weight excluding hydrogens is 284 g/mol. The Kier molecular flexibility index (Phi) is 3.83. The molecule has 1 fully saturated rings. The van der Waals surface area contributed by atoms with Gasteiger partial charge >= 0.3 is 5.97 Å². The van der Waals surface area contributed by atoms with Crippen molar-refractivity contribution in [2.24, 2.45) is 0 Å². The summed E-state index contributed by atoms with van der Waals surface area (Å²) in [6, 6.07) is 6.85. The van der Waals surface area contributed by atoms with Crippen LogP contribution in [0.3, 0.4) is 0 Å². The molecule has 1 atom stereocenters. The van der Waals surface area contributed by atoms with E-state index in [-0.39, 0.29) is 24.3 Å². The minimum absolute atomic E-state index is 0.001000. The fraction of sp³-hybridized carbons (Fsp3) is 0.438. The van der Waals surface area contributed by atoms with E-state index in [1.807, 2.05) is 18.2 Å². The maximum absolute atomic E-state index is 12.5. The van der Waals surface area contributed by atoms with Gasteiger partial charge < -0.3 is 14.5 Å². The molecule has 0 saturated carbocycles. The van der Waals surface area contributed by atoms with Crippen LogP contribution in [-0.2, 0) is 20.9 Å². The average Bonchev–Trinajstić information content (AvgIpc) is 3.13. The van der Waals surface area contributed by atoms with E-state index in [0.29, 0.717) is 25.1 Å². The van der Waals surface area contributed by atoms with Crippen LogP contribution in [0.25, 0.3) is 0 Å². The number of carbonyl (C=O) groups excluding carboxylic acids is 3. The second-order valence-corrected chi connectivity index (χ2v) is 5.59. The highest BCUT2D eigenvalue weighted by Crippen LogP contribution is 2.24. The quantitative estimate of drug-likeness (QED) is 0.775. The Balaban J connectivity index is 1.68. The van der Waals surface area contributed by atoms with Crippen LogP contribution in [0.5, 0.6) is 0 Å². The van der Waals surface area contributed by atoms with Crippen LogP contribution >= 0.6 is 0 Å². The Morgan fingerprint density at radius 1 is 1.32 bits per heavy atom. The Morgan fingerprint density at radius 3 is 2.82 bits per heavy atom. The van der Waals surface area contributed by atoms with Crippen LogP contribution in [0, 0.1) is 0 Å². The van der Waals surface area contributed by atoms with Crippen molar-refractivity contribution >= 4 is 17.8 Å². The van der Waals surface area contributed by atoms with Gasteiger partial charge in [0.2, 0.25) is 5.91 Å². The first-order valence-electron chi connectivity index (χ1n) is 7.36. The lowest BCUT2D eigenvalue weighted by molar-refractivity contribution is -0.151. The Morgan fingerprint density at radius 2 is 2.09 bits per heavy atom. The van der Waals surface area contributed by atoms with Gasteiger partial charge in [-0.15, -0.1) is 0 Å². The maximum atomic E-state index is 12.5. The average molecular weight is 302 g/mol. The summed E-state index contributed by atoms with van der Waals surface area (Å²) >= 11 is 0. The molecule has 1 unspecified atom stereocenters. The van der Waals surface area contributed by atoms with E-state index in [0.717, 1.165) is 12.0 Å². The van der Waals surface area contributed by atoms with Gasteiger partial charge in [-0.05, 0) is 24.5 Å². The SMILES string of the molecule is COC(=O)C1CCCN1C(=O)CN1Cc2ccccc2C1=O. The molecular formula is C16H18N2O4. The number of ether oxygens (including phenoxy) is 1. The molecule has 2 heterocycles. The molecule has 2 aliphatic rings. The Labute approximate surface area is 128 Å². The molecule has 0 bridgehead atoms. The minimum atomic E-state index is -0.516. The predicted molar refractivity (Wildman–Crippen MR) is 77.9 cm³/mol. The zero-order valence-electron chi connectivity index (χ0n) is 12.4. The van der Waals surface area contributed by atoms with Crippen LogP contribution in [-0.4, -0.2) is 53.8 Å². The van der Waals surface area contributed by atoms with Crippen molar-refractivity contribution in [3.8, 4) is 0 Å². The van der Waals surface area contributed by atoms with Crippen molar-refractivity contribution in [2.45, 2.75) is 25.4 Å². The van der Waals surface area contributed by atoms with Crippen LogP contribution in [0.4, 0.5) is 0 Å². The lowest BCUT2D eigenvalue weighted by atomic mass is 10.1. The topological polar surface area (TPSA) is 66.9 Å². The number of nitrogens with zero attached hydrogens (tertiary/aromatic N) is 2. The molecule has 0 aliphatic carbocycles. The van der Waals surface area contributed by atoms with Crippen LogP contribution in [0.1, 0.15) is 28.8 Å². The van der Waals surface area contributed by atoms with Gasteiger partial charge in [0.15, 0.2) is 0 Å². The molecule has 0 N–H and O–H groups in total. The fourth-order valence-corrected chi connectivity index (χ4v) is 3.14. The molecule has 1 saturated heterocycles. The van der Waals surface area contributed by atoms with Gasteiger partial charge in [-0.25, -0.2) is 4.79 Å². The molecule has 116 valence electrons. The molecule has 6 heteroatoms. The van der Waals surface area contributed by atoms with Crippen molar-refractivity contribution in [1.82, 2.24) is 9.80 Å². The summed E-state index contributed by atoms with van der Waals surface area (Å²) in [6.45, 7) is 0.978. The van der Waals surface area contributed by atoms with Crippen LogP contribution in [0.15, 0.2) is 24.3 Å². The number of benzene rings is 1. The number of amides is 2. The summed E-state index contributed by atoms with van der Waals surface area (Å²) in [5.74, 6) is -0.714. The zero-order chi connectivity index (χ0) is 15.7. The smallest absolute Gasteiger partial charge is 0.328 e. The van der Waals surface area contributed by atoms with Gasteiger partial charge in [0.05, 0.1) is 7.11 Å². The van der Waals surface area contributed by atoms with Crippen molar-refractivity contribution in [1.29, 1.82) is 0 Å². The highest BCUT2D eigenvalue weighted by Gasteiger charge is 2.37. The number of hydrogen-bond acceptors (Lipinski definition) is 4. The summed E-state index contributed by atoms with van der Waals surface area (Å²) in [4.78, 5) is 39.5. The second kappa shape index (κ2) is 5.79. The molecule has 22 heavy (non-hydrogen) atoms. The number of rotatable bonds is 3. The van der Waals surface area contributed by atoms with E-state index in [2.05, 4.69) is 0 Å². The van der Waals surface area contributed by atoms with Gasteiger partial charge in [0, 0.05) is 18.7 Å². The predicted octanol–water partition coefficient (Wildman–Crippen LogP) is 0.806. The molecule has 3 rings (SSSR count). The summed E-state index contributed by atoms with van der Waals surface area (Å²) in [5, 5.41) is 0. The first kappa shape index (κ1) is 14.6. The van der Waals surface area contributed by atoms with E-state index < -0.39 is 6.04 Å². The standard InChI is InChI=1S/C16H18N2O4/c1-22-16(21)13-7-4-8-18(13)14(19)10-17-9-11-5-2-3-6-12(11)15(17)20/h2-3,5-6,13H,4,7-10H2,1H3. The first-order chi connectivity index (χ1) is 10.6. The monoisotopic (exact) mass is 302 g/mol. The third kappa shape index (κ3) is 2.45.